The first kappa shape index (κ1) is 15.1. The van der Waals surface area contributed by atoms with Crippen molar-refractivity contribution < 1.29 is 18.3 Å². The highest BCUT2D eigenvalue weighted by atomic mass is 32.2. The Morgan fingerprint density at radius 2 is 1.81 bits per heavy atom. The standard InChI is InChI=1S/C15H15NO4S/c1-2-21(19,20)10-7-8-14(17)13(9-10)11-5-3-4-6-12(11)15(16)18/h3-9,17H,2H2,1H3,(H2,16,18). The van der Waals surface area contributed by atoms with Crippen molar-refractivity contribution in [3.05, 3.63) is 48.0 Å². The van der Waals surface area contributed by atoms with Crippen molar-refractivity contribution in [1.29, 1.82) is 0 Å². The zero-order valence-corrected chi connectivity index (χ0v) is 12.2. The van der Waals surface area contributed by atoms with Crippen LogP contribution in [0.15, 0.2) is 47.4 Å². The Bertz CT molecular complexity index is 797. The maximum absolute atomic E-state index is 11.9. The molecule has 5 nitrogen and oxygen atoms in total. The van der Waals surface area contributed by atoms with Gasteiger partial charge >= 0.3 is 0 Å². The number of sulfone groups is 1. The van der Waals surface area contributed by atoms with Gasteiger partial charge in [-0.05, 0) is 29.8 Å². The normalized spacial score (nSPS) is 11.3. The fourth-order valence-electron chi connectivity index (χ4n) is 2.02. The number of carbonyl (C=O) groups is 1. The van der Waals surface area contributed by atoms with Gasteiger partial charge in [0.15, 0.2) is 9.84 Å². The van der Waals surface area contributed by atoms with Crippen molar-refractivity contribution in [2.45, 2.75) is 11.8 Å². The average molecular weight is 305 g/mol. The molecule has 0 heterocycles. The maximum atomic E-state index is 11.9. The van der Waals surface area contributed by atoms with Gasteiger partial charge in [0.05, 0.1) is 10.6 Å². The van der Waals surface area contributed by atoms with Crippen LogP contribution in [-0.2, 0) is 9.84 Å². The summed E-state index contributed by atoms with van der Waals surface area (Å²) in [5.74, 6) is -0.804. The lowest BCUT2D eigenvalue weighted by molar-refractivity contribution is 0.100. The second-order valence-electron chi connectivity index (χ2n) is 4.49. The van der Waals surface area contributed by atoms with Gasteiger partial charge < -0.3 is 10.8 Å². The minimum absolute atomic E-state index is 0.0469. The smallest absolute Gasteiger partial charge is 0.249 e. The summed E-state index contributed by atoms with van der Waals surface area (Å²) in [6.45, 7) is 1.54. The topological polar surface area (TPSA) is 97.5 Å². The van der Waals surface area contributed by atoms with Gasteiger partial charge in [-0.15, -0.1) is 0 Å². The van der Waals surface area contributed by atoms with Crippen molar-refractivity contribution in [1.82, 2.24) is 0 Å². The Hall–Kier alpha value is -2.34. The predicted octanol–water partition coefficient (Wildman–Crippen LogP) is 1.95. The molecular formula is C15H15NO4S. The van der Waals surface area contributed by atoms with E-state index in [9.17, 15) is 18.3 Å². The van der Waals surface area contributed by atoms with Crippen LogP contribution in [0.2, 0.25) is 0 Å². The van der Waals surface area contributed by atoms with Crippen LogP contribution in [0.25, 0.3) is 11.1 Å². The Labute approximate surface area is 123 Å². The number of rotatable bonds is 4. The van der Waals surface area contributed by atoms with Gasteiger partial charge in [0.2, 0.25) is 5.91 Å². The third-order valence-electron chi connectivity index (χ3n) is 3.19. The molecule has 0 aliphatic carbocycles. The molecule has 1 amide bonds. The Balaban J connectivity index is 2.71. The summed E-state index contributed by atoms with van der Waals surface area (Å²) in [7, 11) is -3.41. The van der Waals surface area contributed by atoms with Crippen LogP contribution in [0.5, 0.6) is 5.75 Å². The van der Waals surface area contributed by atoms with E-state index in [-0.39, 0.29) is 27.5 Å². The Morgan fingerprint density at radius 1 is 1.14 bits per heavy atom. The van der Waals surface area contributed by atoms with E-state index in [1.54, 1.807) is 25.1 Å². The van der Waals surface area contributed by atoms with Crippen molar-refractivity contribution in [2.24, 2.45) is 5.73 Å². The van der Waals surface area contributed by atoms with Crippen LogP contribution in [0.1, 0.15) is 17.3 Å². The minimum atomic E-state index is -3.41. The number of carbonyl (C=O) groups excluding carboxylic acids is 1. The highest BCUT2D eigenvalue weighted by Gasteiger charge is 2.17. The monoisotopic (exact) mass is 305 g/mol. The summed E-state index contributed by atoms with van der Waals surface area (Å²) in [6, 6.07) is 10.5. The number of hydrogen-bond donors (Lipinski definition) is 2. The second kappa shape index (κ2) is 5.57. The van der Waals surface area contributed by atoms with Crippen LogP contribution in [0, 0.1) is 0 Å². The molecule has 0 spiro atoms. The molecule has 0 unspecified atom stereocenters. The van der Waals surface area contributed by atoms with Crippen molar-refractivity contribution >= 4 is 15.7 Å². The van der Waals surface area contributed by atoms with Gasteiger partial charge in [-0.3, -0.25) is 4.79 Å². The minimum Gasteiger partial charge on any atom is -0.507 e. The molecule has 2 aromatic rings. The molecule has 2 rings (SSSR count). The van der Waals surface area contributed by atoms with Crippen molar-refractivity contribution in [2.75, 3.05) is 5.75 Å². The number of aromatic hydroxyl groups is 1. The largest absolute Gasteiger partial charge is 0.507 e. The Kier molecular flexibility index (Phi) is 3.99. The Morgan fingerprint density at radius 3 is 2.43 bits per heavy atom. The summed E-state index contributed by atoms with van der Waals surface area (Å²) in [4.78, 5) is 11.6. The van der Waals surface area contributed by atoms with Crippen LogP contribution >= 0.6 is 0 Å². The van der Waals surface area contributed by atoms with Gasteiger partial charge in [-0.2, -0.15) is 0 Å². The molecule has 110 valence electrons. The fourth-order valence-corrected chi connectivity index (χ4v) is 2.93. The number of primary amides is 1. The lowest BCUT2D eigenvalue weighted by Gasteiger charge is -2.11. The SMILES string of the molecule is CCS(=O)(=O)c1ccc(O)c(-c2ccccc2C(N)=O)c1. The first-order valence-corrected chi connectivity index (χ1v) is 7.97. The van der Waals surface area contributed by atoms with E-state index in [2.05, 4.69) is 0 Å². The van der Waals surface area contributed by atoms with Gasteiger partial charge in [-0.1, -0.05) is 25.1 Å². The molecular weight excluding hydrogens is 290 g/mol. The molecule has 0 saturated carbocycles. The molecule has 0 radical (unpaired) electrons. The van der Waals surface area contributed by atoms with E-state index in [0.717, 1.165) is 0 Å². The maximum Gasteiger partial charge on any atom is 0.249 e. The van der Waals surface area contributed by atoms with Gasteiger partial charge in [0.25, 0.3) is 0 Å². The van der Waals surface area contributed by atoms with Crippen molar-refractivity contribution in [3.63, 3.8) is 0 Å². The van der Waals surface area contributed by atoms with Crippen LogP contribution in [-0.4, -0.2) is 25.2 Å². The molecule has 0 bridgehead atoms. The van der Waals surface area contributed by atoms with E-state index in [4.69, 9.17) is 5.73 Å². The van der Waals surface area contributed by atoms with E-state index < -0.39 is 15.7 Å². The summed E-state index contributed by atoms with van der Waals surface area (Å²) < 4.78 is 23.9. The van der Waals surface area contributed by atoms with Crippen molar-refractivity contribution in [3.8, 4) is 16.9 Å². The molecule has 21 heavy (non-hydrogen) atoms. The number of benzene rings is 2. The van der Waals surface area contributed by atoms with Crippen LogP contribution in [0.4, 0.5) is 0 Å². The summed E-state index contributed by atoms with van der Waals surface area (Å²) in [5, 5.41) is 9.99. The first-order chi connectivity index (χ1) is 9.86. The first-order valence-electron chi connectivity index (χ1n) is 6.32. The zero-order valence-electron chi connectivity index (χ0n) is 11.4. The van der Waals surface area contributed by atoms with E-state index in [0.29, 0.717) is 5.56 Å². The number of amides is 1. The summed E-state index contributed by atoms with van der Waals surface area (Å²) in [5.41, 5.74) is 6.20. The molecule has 2 aromatic carbocycles. The lowest BCUT2D eigenvalue weighted by Crippen LogP contribution is -2.12. The van der Waals surface area contributed by atoms with Gasteiger partial charge in [0.1, 0.15) is 5.75 Å². The number of phenols is 1. The number of phenolic OH excluding ortho intramolecular Hbond substituents is 1. The number of nitrogens with two attached hydrogens (primary N) is 1. The van der Waals surface area contributed by atoms with Crippen LogP contribution in [0.3, 0.4) is 0 Å². The van der Waals surface area contributed by atoms with Gasteiger partial charge in [0, 0.05) is 11.1 Å². The highest BCUT2D eigenvalue weighted by Crippen LogP contribution is 2.33. The molecule has 0 aliphatic heterocycles. The second-order valence-corrected chi connectivity index (χ2v) is 6.77. The summed E-state index contributed by atoms with van der Waals surface area (Å²) >= 11 is 0. The van der Waals surface area contributed by atoms with Crippen LogP contribution < -0.4 is 5.73 Å². The third-order valence-corrected chi connectivity index (χ3v) is 4.92. The average Bonchev–Trinajstić information content (AvgIpc) is 2.47. The molecule has 3 N–H and O–H groups in total. The lowest BCUT2D eigenvalue weighted by atomic mass is 9.98. The highest BCUT2D eigenvalue weighted by molar-refractivity contribution is 7.91. The van der Waals surface area contributed by atoms with Gasteiger partial charge in [-0.25, -0.2) is 8.42 Å². The third kappa shape index (κ3) is 2.90. The molecule has 0 fully saturated rings. The number of hydrogen-bond acceptors (Lipinski definition) is 4. The predicted molar refractivity (Wildman–Crippen MR) is 79.8 cm³/mol. The quantitative estimate of drug-likeness (QED) is 0.902. The molecule has 0 saturated heterocycles. The van der Waals surface area contributed by atoms with E-state index >= 15 is 0 Å². The van der Waals surface area contributed by atoms with E-state index in [1.807, 2.05) is 0 Å². The molecule has 0 aromatic heterocycles. The molecule has 6 heteroatoms. The molecule has 0 aliphatic rings. The van der Waals surface area contributed by atoms with E-state index in [1.165, 1.54) is 24.3 Å². The summed E-state index contributed by atoms with van der Waals surface area (Å²) in [6.07, 6.45) is 0. The molecule has 0 atom stereocenters. The zero-order chi connectivity index (χ0) is 15.6. The fraction of sp³-hybridized carbons (Fsp3) is 0.133.